The van der Waals surface area contributed by atoms with Crippen molar-refractivity contribution < 1.29 is 14.2 Å². The minimum absolute atomic E-state index is 0.113. The molecule has 21 heavy (non-hydrogen) atoms. The molecule has 2 aromatic rings. The smallest absolute Gasteiger partial charge is 0.123 e. The maximum absolute atomic E-state index is 13.1. The third kappa shape index (κ3) is 5.56. The van der Waals surface area contributed by atoms with Gasteiger partial charge in [0.05, 0.1) is 6.61 Å². The molecule has 0 saturated heterocycles. The zero-order valence-corrected chi connectivity index (χ0v) is 12.0. The van der Waals surface area contributed by atoms with Gasteiger partial charge in [0, 0.05) is 6.61 Å². The largest absolute Gasteiger partial charge is 0.494 e. The maximum Gasteiger partial charge on any atom is 0.123 e. The van der Waals surface area contributed by atoms with E-state index < -0.39 is 0 Å². The van der Waals surface area contributed by atoms with Crippen molar-refractivity contribution >= 4 is 0 Å². The second kappa shape index (κ2) is 8.42. The highest BCUT2D eigenvalue weighted by molar-refractivity contribution is 5.20. The molecule has 1 atom stereocenters. The van der Waals surface area contributed by atoms with E-state index in [9.17, 15) is 9.50 Å². The molecule has 2 aromatic carbocycles. The van der Waals surface area contributed by atoms with Crippen LogP contribution in [0.1, 0.15) is 18.4 Å². The molecule has 0 radical (unpaired) electrons. The Kier molecular flexibility index (Phi) is 6.22. The number of aliphatic hydroxyl groups excluding tert-OH is 1. The molecule has 0 amide bonds. The molecule has 0 heterocycles. The van der Waals surface area contributed by atoms with Crippen LogP contribution in [0.25, 0.3) is 0 Å². The predicted octanol–water partition coefficient (Wildman–Crippen LogP) is 3.84. The van der Waals surface area contributed by atoms with E-state index in [-0.39, 0.29) is 18.3 Å². The molecule has 0 bridgehead atoms. The van der Waals surface area contributed by atoms with Gasteiger partial charge in [-0.2, -0.15) is 0 Å². The molecule has 0 fully saturated rings. The number of ether oxygens (including phenoxy) is 1. The van der Waals surface area contributed by atoms with E-state index in [0.717, 1.165) is 24.2 Å². The van der Waals surface area contributed by atoms with Crippen LogP contribution in [0.3, 0.4) is 0 Å². The minimum atomic E-state index is -0.225. The number of hydrogen-bond donors (Lipinski definition) is 1. The fourth-order valence-corrected chi connectivity index (χ4v) is 2.33. The van der Waals surface area contributed by atoms with Crippen LogP contribution < -0.4 is 4.74 Å². The fraction of sp³-hybridized carbons (Fsp3) is 0.333. The van der Waals surface area contributed by atoms with Crippen molar-refractivity contribution in [2.75, 3.05) is 13.2 Å². The average Bonchev–Trinajstić information content (AvgIpc) is 2.51. The maximum atomic E-state index is 13.1. The zero-order chi connectivity index (χ0) is 14.9. The van der Waals surface area contributed by atoms with Crippen molar-refractivity contribution in [2.45, 2.75) is 19.3 Å². The van der Waals surface area contributed by atoms with Gasteiger partial charge in [0.1, 0.15) is 11.6 Å². The number of rotatable bonds is 8. The summed E-state index contributed by atoms with van der Waals surface area (Å²) < 4.78 is 18.8. The van der Waals surface area contributed by atoms with Gasteiger partial charge in [-0.1, -0.05) is 30.3 Å². The molecule has 0 aliphatic heterocycles. The first kappa shape index (κ1) is 15.5. The monoisotopic (exact) mass is 288 g/mol. The third-order valence-corrected chi connectivity index (χ3v) is 3.44. The Bertz CT molecular complexity index is 528. The summed E-state index contributed by atoms with van der Waals surface area (Å²) in [5, 5.41) is 9.44. The lowest BCUT2D eigenvalue weighted by molar-refractivity contribution is 0.204. The van der Waals surface area contributed by atoms with Gasteiger partial charge in [-0.25, -0.2) is 4.39 Å². The number of benzene rings is 2. The lowest BCUT2D eigenvalue weighted by atomic mass is 9.95. The van der Waals surface area contributed by atoms with Crippen LogP contribution in [-0.4, -0.2) is 18.3 Å². The number of hydrogen-bond acceptors (Lipinski definition) is 2. The SMILES string of the molecule is OCC(CCCOc1ccccc1)Cc1cccc(F)c1. The van der Waals surface area contributed by atoms with E-state index in [1.165, 1.54) is 12.1 Å². The number of aliphatic hydroxyl groups is 1. The Labute approximate surface area is 125 Å². The van der Waals surface area contributed by atoms with Gasteiger partial charge in [0.25, 0.3) is 0 Å². The van der Waals surface area contributed by atoms with Crippen LogP contribution in [0.2, 0.25) is 0 Å². The van der Waals surface area contributed by atoms with Gasteiger partial charge >= 0.3 is 0 Å². The Morgan fingerprint density at radius 1 is 1.05 bits per heavy atom. The van der Waals surface area contributed by atoms with E-state index in [0.29, 0.717) is 13.0 Å². The van der Waals surface area contributed by atoms with Crippen molar-refractivity contribution in [3.63, 3.8) is 0 Å². The second-order valence-corrected chi connectivity index (χ2v) is 5.19. The van der Waals surface area contributed by atoms with Crippen molar-refractivity contribution in [2.24, 2.45) is 5.92 Å². The quantitative estimate of drug-likeness (QED) is 0.748. The highest BCUT2D eigenvalue weighted by Gasteiger charge is 2.09. The summed E-state index contributed by atoms with van der Waals surface area (Å²) in [4.78, 5) is 0. The lowest BCUT2D eigenvalue weighted by Crippen LogP contribution is -2.11. The summed E-state index contributed by atoms with van der Waals surface area (Å²) in [5.74, 6) is 0.783. The first-order chi connectivity index (χ1) is 10.3. The lowest BCUT2D eigenvalue weighted by Gasteiger charge is -2.14. The summed E-state index contributed by atoms with van der Waals surface area (Å²) in [7, 11) is 0. The van der Waals surface area contributed by atoms with Crippen LogP contribution in [0.15, 0.2) is 54.6 Å². The van der Waals surface area contributed by atoms with E-state index in [2.05, 4.69) is 0 Å². The van der Waals surface area contributed by atoms with Crippen molar-refractivity contribution in [1.82, 2.24) is 0 Å². The van der Waals surface area contributed by atoms with Gasteiger partial charge in [-0.05, 0) is 55.0 Å². The van der Waals surface area contributed by atoms with Gasteiger partial charge in [-0.3, -0.25) is 0 Å². The Balaban J connectivity index is 1.72. The molecule has 112 valence electrons. The summed E-state index contributed by atoms with van der Waals surface area (Å²) >= 11 is 0. The standard InChI is InChI=1S/C18H21FO2/c19-17-8-4-6-15(13-17)12-16(14-20)7-5-11-21-18-9-2-1-3-10-18/h1-4,6,8-10,13,16,20H,5,7,11-12,14H2. The summed E-state index contributed by atoms with van der Waals surface area (Å²) in [6, 6.07) is 16.3. The Hall–Kier alpha value is -1.87. The molecule has 1 unspecified atom stereocenters. The molecular formula is C18H21FO2. The van der Waals surface area contributed by atoms with Crippen LogP contribution in [0, 0.1) is 11.7 Å². The highest BCUT2D eigenvalue weighted by Crippen LogP contribution is 2.16. The van der Waals surface area contributed by atoms with Crippen molar-refractivity contribution in [3.05, 3.63) is 66.0 Å². The minimum Gasteiger partial charge on any atom is -0.494 e. The van der Waals surface area contributed by atoms with Crippen molar-refractivity contribution in [1.29, 1.82) is 0 Å². The molecule has 0 aliphatic carbocycles. The van der Waals surface area contributed by atoms with Gasteiger partial charge in [-0.15, -0.1) is 0 Å². The molecule has 0 aromatic heterocycles. The van der Waals surface area contributed by atoms with Crippen LogP contribution >= 0.6 is 0 Å². The van der Waals surface area contributed by atoms with E-state index >= 15 is 0 Å². The van der Waals surface area contributed by atoms with Gasteiger partial charge in [0.15, 0.2) is 0 Å². The van der Waals surface area contributed by atoms with Gasteiger partial charge < -0.3 is 9.84 Å². The summed E-state index contributed by atoms with van der Waals surface area (Å²) in [6.45, 7) is 0.742. The Morgan fingerprint density at radius 2 is 1.86 bits per heavy atom. The highest BCUT2D eigenvalue weighted by atomic mass is 19.1. The molecule has 2 nitrogen and oxygen atoms in total. The topological polar surface area (TPSA) is 29.5 Å². The van der Waals surface area contributed by atoms with Crippen LogP contribution in [0.4, 0.5) is 4.39 Å². The summed E-state index contributed by atoms with van der Waals surface area (Å²) in [5.41, 5.74) is 0.929. The number of halogens is 1. The van der Waals surface area contributed by atoms with E-state index in [1.54, 1.807) is 6.07 Å². The predicted molar refractivity (Wildman–Crippen MR) is 81.9 cm³/mol. The van der Waals surface area contributed by atoms with Gasteiger partial charge in [0.2, 0.25) is 0 Å². The van der Waals surface area contributed by atoms with Crippen molar-refractivity contribution in [3.8, 4) is 5.75 Å². The van der Waals surface area contributed by atoms with Crippen LogP contribution in [-0.2, 0) is 6.42 Å². The summed E-state index contributed by atoms with van der Waals surface area (Å²) in [6.07, 6.45) is 2.43. The third-order valence-electron chi connectivity index (χ3n) is 3.44. The molecule has 1 N–H and O–H groups in total. The average molecular weight is 288 g/mol. The molecule has 3 heteroatoms. The molecular weight excluding hydrogens is 267 g/mol. The fourth-order valence-electron chi connectivity index (χ4n) is 2.33. The normalized spacial score (nSPS) is 12.1. The number of para-hydroxylation sites is 1. The Morgan fingerprint density at radius 3 is 2.57 bits per heavy atom. The molecule has 0 aliphatic rings. The first-order valence-electron chi connectivity index (χ1n) is 7.31. The zero-order valence-electron chi connectivity index (χ0n) is 12.0. The molecule has 2 rings (SSSR count). The first-order valence-corrected chi connectivity index (χ1v) is 7.31. The molecule has 0 saturated carbocycles. The molecule has 0 spiro atoms. The van der Waals surface area contributed by atoms with Crippen LogP contribution in [0.5, 0.6) is 5.75 Å². The second-order valence-electron chi connectivity index (χ2n) is 5.19. The van der Waals surface area contributed by atoms with E-state index in [4.69, 9.17) is 4.74 Å². The van der Waals surface area contributed by atoms with E-state index in [1.807, 2.05) is 36.4 Å².